The number of fused-ring (bicyclic) bond motifs is 1. The van der Waals surface area contributed by atoms with E-state index >= 15 is 0 Å². The van der Waals surface area contributed by atoms with Gasteiger partial charge in [-0.3, -0.25) is 25.7 Å². The number of pyridine rings is 2. The van der Waals surface area contributed by atoms with Gasteiger partial charge in [0, 0.05) is 43.0 Å². The molecule has 3 rings (SSSR count). The molecule has 0 spiro atoms. The SMILES string of the molecule is C[N]C(=O)CC(NCc1cccc(F)c1Cl)OC(=O)Nc1cc2cnccc2cn1. The van der Waals surface area contributed by atoms with E-state index in [0.717, 1.165) is 10.8 Å². The third-order valence-electron chi connectivity index (χ3n) is 4.16. The Kier molecular flexibility index (Phi) is 7.10. The van der Waals surface area contributed by atoms with Crippen molar-refractivity contribution in [3.05, 3.63) is 65.3 Å². The van der Waals surface area contributed by atoms with Gasteiger partial charge in [-0.1, -0.05) is 23.7 Å². The number of halogens is 2. The number of ether oxygens (including phenoxy) is 1. The Morgan fingerprint density at radius 2 is 2.10 bits per heavy atom. The Morgan fingerprint density at radius 1 is 1.27 bits per heavy atom. The van der Waals surface area contributed by atoms with Gasteiger partial charge in [-0.15, -0.1) is 0 Å². The molecule has 2 amide bonds. The van der Waals surface area contributed by atoms with Gasteiger partial charge in [-0.05, 0) is 23.8 Å². The van der Waals surface area contributed by atoms with E-state index in [-0.39, 0.29) is 23.8 Å². The van der Waals surface area contributed by atoms with Crippen molar-refractivity contribution in [3.63, 3.8) is 0 Å². The van der Waals surface area contributed by atoms with Crippen LogP contribution in [0.4, 0.5) is 15.0 Å². The first-order valence-electron chi connectivity index (χ1n) is 8.92. The summed E-state index contributed by atoms with van der Waals surface area (Å²) in [6.45, 7) is 0.0748. The average molecular weight is 431 g/mol. The normalized spacial score (nSPS) is 11.7. The highest BCUT2D eigenvalue weighted by Gasteiger charge is 2.19. The summed E-state index contributed by atoms with van der Waals surface area (Å²) in [5, 5.41) is 10.5. The fourth-order valence-electron chi connectivity index (χ4n) is 2.63. The Hall–Kier alpha value is -3.30. The van der Waals surface area contributed by atoms with E-state index in [2.05, 4.69) is 25.9 Å². The molecule has 0 aliphatic rings. The molecule has 0 aliphatic heterocycles. The Morgan fingerprint density at radius 3 is 2.90 bits per heavy atom. The van der Waals surface area contributed by atoms with E-state index in [1.54, 1.807) is 36.8 Å². The number of hydrogen-bond donors (Lipinski definition) is 2. The maximum atomic E-state index is 13.6. The summed E-state index contributed by atoms with van der Waals surface area (Å²) >= 11 is 5.94. The average Bonchev–Trinajstić information content (AvgIpc) is 2.74. The number of amides is 2. The smallest absolute Gasteiger partial charge is 0.414 e. The lowest BCUT2D eigenvalue weighted by molar-refractivity contribution is -0.123. The van der Waals surface area contributed by atoms with Crippen LogP contribution in [-0.2, 0) is 16.1 Å². The molecule has 10 heteroatoms. The number of hydrogen-bond acceptors (Lipinski definition) is 6. The standard InChI is InChI=1S/C20H18ClFN5O3/c1-23-17(28)8-18(26-11-13-3-2-4-15(22)19(13)21)30-20(29)27-16-7-14-9-24-6-5-12(14)10-25-16/h2-7,9-10,18,26H,8,11H2,1H3,(H,25,27,29). The fourth-order valence-corrected chi connectivity index (χ4v) is 2.82. The molecule has 2 N–H and O–H groups in total. The van der Waals surface area contributed by atoms with Gasteiger partial charge in [0.1, 0.15) is 11.6 Å². The minimum Gasteiger partial charge on any atom is -0.430 e. The van der Waals surface area contributed by atoms with Crippen LogP contribution >= 0.6 is 11.6 Å². The molecule has 2 heterocycles. The van der Waals surface area contributed by atoms with Gasteiger partial charge in [0.15, 0.2) is 6.23 Å². The van der Waals surface area contributed by atoms with Gasteiger partial charge in [-0.2, -0.15) is 0 Å². The zero-order valence-electron chi connectivity index (χ0n) is 15.9. The monoisotopic (exact) mass is 430 g/mol. The lowest BCUT2D eigenvalue weighted by Crippen LogP contribution is -2.38. The Balaban J connectivity index is 1.66. The molecule has 0 aliphatic carbocycles. The number of rotatable bonds is 7. The summed E-state index contributed by atoms with van der Waals surface area (Å²) in [4.78, 5) is 32.2. The molecule has 2 aromatic heterocycles. The molecule has 0 bridgehead atoms. The highest BCUT2D eigenvalue weighted by molar-refractivity contribution is 6.31. The molecule has 155 valence electrons. The van der Waals surface area contributed by atoms with Crippen molar-refractivity contribution in [1.29, 1.82) is 0 Å². The van der Waals surface area contributed by atoms with E-state index in [0.29, 0.717) is 5.56 Å². The fraction of sp³-hybridized carbons (Fsp3) is 0.200. The molecule has 0 saturated carbocycles. The second-order valence-electron chi connectivity index (χ2n) is 6.23. The Labute approximate surface area is 176 Å². The maximum Gasteiger partial charge on any atom is 0.414 e. The van der Waals surface area contributed by atoms with Gasteiger partial charge >= 0.3 is 6.09 Å². The van der Waals surface area contributed by atoms with Crippen LogP contribution in [0.15, 0.2) is 48.9 Å². The van der Waals surface area contributed by atoms with Crippen molar-refractivity contribution in [2.75, 3.05) is 12.4 Å². The summed E-state index contributed by atoms with van der Waals surface area (Å²) in [6.07, 6.45) is 2.84. The number of anilines is 1. The van der Waals surface area contributed by atoms with E-state index in [4.69, 9.17) is 16.3 Å². The molecular formula is C20H18ClFN5O3. The molecule has 1 aromatic carbocycles. The van der Waals surface area contributed by atoms with Crippen molar-refractivity contribution in [1.82, 2.24) is 20.6 Å². The summed E-state index contributed by atoms with van der Waals surface area (Å²) in [7, 11) is 1.34. The van der Waals surface area contributed by atoms with Crippen LogP contribution in [0.2, 0.25) is 5.02 Å². The lowest BCUT2D eigenvalue weighted by atomic mass is 10.2. The van der Waals surface area contributed by atoms with Gasteiger partial charge < -0.3 is 4.74 Å². The van der Waals surface area contributed by atoms with Gasteiger partial charge in [0.25, 0.3) is 0 Å². The van der Waals surface area contributed by atoms with Crippen LogP contribution in [0.25, 0.3) is 10.8 Å². The van der Waals surface area contributed by atoms with Crippen molar-refractivity contribution in [3.8, 4) is 0 Å². The van der Waals surface area contributed by atoms with E-state index < -0.39 is 24.0 Å². The highest BCUT2D eigenvalue weighted by atomic mass is 35.5. The molecule has 0 fully saturated rings. The minimum atomic E-state index is -1.01. The number of nitrogens with zero attached hydrogens (tertiary/aromatic N) is 3. The van der Waals surface area contributed by atoms with E-state index in [1.165, 1.54) is 19.2 Å². The van der Waals surface area contributed by atoms with Crippen LogP contribution in [-0.4, -0.2) is 35.2 Å². The van der Waals surface area contributed by atoms with Crippen LogP contribution < -0.4 is 16.0 Å². The summed E-state index contributed by atoms with van der Waals surface area (Å²) < 4.78 is 18.9. The first-order chi connectivity index (χ1) is 14.5. The highest BCUT2D eigenvalue weighted by Crippen LogP contribution is 2.20. The van der Waals surface area contributed by atoms with Gasteiger partial charge in [0.2, 0.25) is 5.91 Å². The zero-order valence-corrected chi connectivity index (χ0v) is 16.7. The number of carbonyl (C=O) groups excluding carboxylic acids is 2. The second-order valence-corrected chi connectivity index (χ2v) is 6.60. The second kappa shape index (κ2) is 9.95. The molecule has 3 aromatic rings. The molecule has 0 saturated heterocycles. The summed E-state index contributed by atoms with van der Waals surface area (Å²) in [6, 6.07) is 7.80. The Bertz CT molecular complexity index is 1070. The largest absolute Gasteiger partial charge is 0.430 e. The predicted molar refractivity (Wildman–Crippen MR) is 109 cm³/mol. The van der Waals surface area contributed by atoms with E-state index in [1.807, 2.05) is 0 Å². The van der Waals surface area contributed by atoms with Crippen LogP contribution in [0.5, 0.6) is 0 Å². The van der Waals surface area contributed by atoms with Crippen molar-refractivity contribution in [2.24, 2.45) is 0 Å². The molecule has 8 nitrogen and oxygen atoms in total. The van der Waals surface area contributed by atoms with Crippen LogP contribution in [0, 0.1) is 5.82 Å². The molecule has 1 unspecified atom stereocenters. The zero-order chi connectivity index (χ0) is 21.5. The van der Waals surface area contributed by atoms with Gasteiger partial charge in [0.05, 0.1) is 11.4 Å². The summed E-state index contributed by atoms with van der Waals surface area (Å²) in [5.74, 6) is -0.776. The molecular weight excluding hydrogens is 413 g/mol. The van der Waals surface area contributed by atoms with Crippen LogP contribution in [0.3, 0.4) is 0 Å². The number of benzene rings is 1. The predicted octanol–water partition coefficient (Wildman–Crippen LogP) is 3.24. The molecule has 30 heavy (non-hydrogen) atoms. The number of nitrogens with one attached hydrogen (secondary N) is 2. The van der Waals surface area contributed by atoms with Crippen molar-refractivity contribution >= 4 is 40.2 Å². The molecule has 1 radical (unpaired) electrons. The number of carbonyl (C=O) groups is 2. The van der Waals surface area contributed by atoms with Crippen molar-refractivity contribution < 1.29 is 18.7 Å². The van der Waals surface area contributed by atoms with Crippen LogP contribution in [0.1, 0.15) is 12.0 Å². The van der Waals surface area contributed by atoms with Crippen molar-refractivity contribution in [2.45, 2.75) is 19.2 Å². The van der Waals surface area contributed by atoms with E-state index in [9.17, 15) is 14.0 Å². The quantitative estimate of drug-likeness (QED) is 0.557. The topological polar surface area (TPSA) is 107 Å². The third kappa shape index (κ3) is 5.62. The first-order valence-corrected chi connectivity index (χ1v) is 9.30. The maximum absolute atomic E-state index is 13.6. The molecule has 1 atom stereocenters. The third-order valence-corrected chi connectivity index (χ3v) is 4.59. The first kappa shape index (κ1) is 21.4. The summed E-state index contributed by atoms with van der Waals surface area (Å²) in [5.41, 5.74) is 0.454. The van der Waals surface area contributed by atoms with Gasteiger partial charge in [-0.25, -0.2) is 14.2 Å². The minimum absolute atomic E-state index is 0.0475. The lowest BCUT2D eigenvalue weighted by Gasteiger charge is -2.19. The number of aromatic nitrogens is 2.